The fraction of sp³-hybridized carbons (Fsp3) is 0.500. The smallest absolute Gasteiger partial charge is 0.238 e. The van der Waals surface area contributed by atoms with Crippen molar-refractivity contribution < 1.29 is 4.79 Å². The van der Waals surface area contributed by atoms with Gasteiger partial charge >= 0.3 is 0 Å². The van der Waals surface area contributed by atoms with Crippen molar-refractivity contribution in [3.63, 3.8) is 0 Å². The Bertz CT molecular complexity index is 468. The lowest BCUT2D eigenvalue weighted by Gasteiger charge is -2.33. The molecule has 0 saturated carbocycles. The predicted molar refractivity (Wildman–Crippen MR) is 86.0 cm³/mol. The van der Waals surface area contributed by atoms with Gasteiger partial charge < -0.3 is 10.6 Å². The molecule has 20 heavy (non-hydrogen) atoms. The Labute approximate surface area is 131 Å². The van der Waals surface area contributed by atoms with Crippen LogP contribution in [0.4, 0.5) is 5.69 Å². The summed E-state index contributed by atoms with van der Waals surface area (Å²) >= 11 is 5.95. The molecule has 0 aliphatic carbocycles. The lowest BCUT2D eigenvalue weighted by Crippen LogP contribution is -2.52. The number of halogens is 2. The van der Waals surface area contributed by atoms with Gasteiger partial charge in [0.25, 0.3) is 0 Å². The molecule has 0 radical (unpaired) electrons. The molecule has 6 heteroatoms. The van der Waals surface area contributed by atoms with Gasteiger partial charge in [-0.3, -0.25) is 9.69 Å². The summed E-state index contributed by atoms with van der Waals surface area (Å²) in [7, 11) is 0. The summed E-state index contributed by atoms with van der Waals surface area (Å²) in [6.45, 7) is 7.29. The zero-order valence-corrected chi connectivity index (χ0v) is 13.4. The molecule has 0 spiro atoms. The number of nitrogens with one attached hydrogen (secondary N) is 2. The number of nitrogens with zero attached hydrogens (tertiary/aromatic N) is 1. The first-order valence-electron chi connectivity index (χ1n) is 6.57. The van der Waals surface area contributed by atoms with Crippen LogP contribution in [0.3, 0.4) is 0 Å². The van der Waals surface area contributed by atoms with Gasteiger partial charge in [0, 0.05) is 36.4 Å². The highest BCUT2D eigenvalue weighted by Crippen LogP contribution is 2.20. The largest absolute Gasteiger partial charge is 0.325 e. The monoisotopic (exact) mass is 317 g/mol. The molecule has 1 saturated heterocycles. The number of amides is 1. The normalized spacial score (nSPS) is 19.2. The maximum Gasteiger partial charge on any atom is 0.238 e. The summed E-state index contributed by atoms with van der Waals surface area (Å²) in [5.41, 5.74) is 1.81. The van der Waals surface area contributed by atoms with Crippen LogP contribution < -0.4 is 10.6 Å². The quantitative estimate of drug-likeness (QED) is 0.899. The minimum atomic E-state index is 0. The number of hydrogen-bond donors (Lipinski definition) is 2. The fourth-order valence-electron chi connectivity index (χ4n) is 2.22. The van der Waals surface area contributed by atoms with Gasteiger partial charge in [-0.1, -0.05) is 17.7 Å². The molecule has 1 aromatic carbocycles. The van der Waals surface area contributed by atoms with Gasteiger partial charge in [0.1, 0.15) is 0 Å². The average molecular weight is 318 g/mol. The molecule has 4 nitrogen and oxygen atoms in total. The topological polar surface area (TPSA) is 44.4 Å². The number of hydrogen-bond acceptors (Lipinski definition) is 3. The van der Waals surface area contributed by atoms with E-state index in [-0.39, 0.29) is 18.3 Å². The second-order valence-corrected chi connectivity index (χ2v) is 5.47. The Morgan fingerprint density at radius 2 is 2.30 bits per heavy atom. The number of piperazine rings is 1. The fourth-order valence-corrected chi connectivity index (χ4v) is 2.39. The van der Waals surface area contributed by atoms with Crippen molar-refractivity contribution in [1.29, 1.82) is 0 Å². The summed E-state index contributed by atoms with van der Waals surface area (Å²) in [5.74, 6) is 0.0131. The van der Waals surface area contributed by atoms with Crippen LogP contribution in [0, 0.1) is 6.92 Å². The maximum atomic E-state index is 12.1. The molecular weight excluding hydrogens is 297 g/mol. The highest BCUT2D eigenvalue weighted by atomic mass is 35.5. The summed E-state index contributed by atoms with van der Waals surface area (Å²) in [6, 6.07) is 5.91. The second-order valence-electron chi connectivity index (χ2n) is 5.03. The number of rotatable bonds is 3. The molecule has 0 unspecified atom stereocenters. The molecule has 1 aromatic rings. The molecule has 112 valence electrons. The Hall–Kier alpha value is -0.810. The SMILES string of the molecule is Cc1ccc(Cl)cc1NC(=O)CN1CCNC[C@@H]1C.Cl. The van der Waals surface area contributed by atoms with Crippen molar-refractivity contribution in [3.05, 3.63) is 28.8 Å². The molecule has 1 heterocycles. The van der Waals surface area contributed by atoms with Crippen molar-refractivity contribution in [1.82, 2.24) is 10.2 Å². The summed E-state index contributed by atoms with van der Waals surface area (Å²) in [6.07, 6.45) is 0. The number of carbonyl (C=O) groups excluding carboxylic acids is 1. The van der Waals surface area contributed by atoms with E-state index in [0.717, 1.165) is 30.9 Å². The van der Waals surface area contributed by atoms with E-state index >= 15 is 0 Å². The number of anilines is 1. The first-order valence-corrected chi connectivity index (χ1v) is 6.95. The third kappa shape index (κ3) is 4.63. The summed E-state index contributed by atoms with van der Waals surface area (Å²) in [5, 5.41) is 6.88. The van der Waals surface area contributed by atoms with Gasteiger partial charge in [-0.2, -0.15) is 0 Å². The molecule has 0 aromatic heterocycles. The van der Waals surface area contributed by atoms with E-state index in [0.29, 0.717) is 17.6 Å². The molecule has 2 rings (SSSR count). The average Bonchev–Trinajstić information content (AvgIpc) is 2.37. The Kier molecular flexibility index (Phi) is 6.76. The van der Waals surface area contributed by atoms with E-state index in [9.17, 15) is 4.79 Å². The number of aryl methyl sites for hydroxylation is 1. The molecule has 0 bridgehead atoms. The van der Waals surface area contributed by atoms with E-state index in [2.05, 4.69) is 22.5 Å². The maximum absolute atomic E-state index is 12.1. The zero-order chi connectivity index (χ0) is 13.8. The minimum absolute atomic E-state index is 0. The predicted octanol–water partition coefficient (Wildman–Crippen LogP) is 2.30. The van der Waals surface area contributed by atoms with Crippen molar-refractivity contribution in [3.8, 4) is 0 Å². The van der Waals surface area contributed by atoms with Crippen LogP contribution in [0.2, 0.25) is 5.02 Å². The van der Waals surface area contributed by atoms with Crippen LogP contribution in [0.25, 0.3) is 0 Å². The van der Waals surface area contributed by atoms with Crippen LogP contribution in [-0.2, 0) is 4.79 Å². The third-order valence-electron chi connectivity index (χ3n) is 3.46. The van der Waals surface area contributed by atoms with E-state index < -0.39 is 0 Å². The van der Waals surface area contributed by atoms with Crippen LogP contribution >= 0.6 is 24.0 Å². The molecule has 1 atom stereocenters. The zero-order valence-electron chi connectivity index (χ0n) is 11.8. The number of benzene rings is 1. The van der Waals surface area contributed by atoms with Crippen LogP contribution in [0.5, 0.6) is 0 Å². The minimum Gasteiger partial charge on any atom is -0.325 e. The van der Waals surface area contributed by atoms with Crippen LogP contribution in [0.1, 0.15) is 12.5 Å². The highest BCUT2D eigenvalue weighted by Gasteiger charge is 2.20. The third-order valence-corrected chi connectivity index (χ3v) is 3.69. The van der Waals surface area contributed by atoms with Gasteiger partial charge in [-0.25, -0.2) is 0 Å². The molecule has 1 amide bonds. The first kappa shape index (κ1) is 17.2. The van der Waals surface area contributed by atoms with E-state index in [1.165, 1.54) is 0 Å². The Morgan fingerprint density at radius 3 is 3.00 bits per heavy atom. The van der Waals surface area contributed by atoms with Gasteiger partial charge in [-0.05, 0) is 31.5 Å². The van der Waals surface area contributed by atoms with Crippen molar-refractivity contribution in [2.45, 2.75) is 19.9 Å². The van der Waals surface area contributed by atoms with Gasteiger partial charge in [0.15, 0.2) is 0 Å². The standard InChI is InChI=1S/C14H20ClN3O.ClH/c1-10-3-4-12(15)7-13(10)17-14(19)9-18-6-5-16-8-11(18)2;/h3-4,7,11,16H,5-6,8-9H2,1-2H3,(H,17,19);1H/t11-;/m0./s1. The molecule has 1 aliphatic heterocycles. The van der Waals surface area contributed by atoms with Crippen molar-refractivity contribution in [2.75, 3.05) is 31.5 Å². The van der Waals surface area contributed by atoms with Crippen molar-refractivity contribution >= 4 is 35.6 Å². The molecule has 1 aliphatic rings. The van der Waals surface area contributed by atoms with Crippen LogP contribution in [0.15, 0.2) is 18.2 Å². The first-order chi connectivity index (χ1) is 9.06. The lowest BCUT2D eigenvalue weighted by molar-refractivity contribution is -0.118. The number of carbonyl (C=O) groups is 1. The van der Waals surface area contributed by atoms with Crippen molar-refractivity contribution in [2.24, 2.45) is 0 Å². The highest BCUT2D eigenvalue weighted by molar-refractivity contribution is 6.31. The van der Waals surface area contributed by atoms with E-state index in [1.54, 1.807) is 6.07 Å². The Morgan fingerprint density at radius 1 is 1.55 bits per heavy atom. The lowest BCUT2D eigenvalue weighted by atomic mass is 10.2. The molecule has 2 N–H and O–H groups in total. The van der Waals surface area contributed by atoms with Gasteiger partial charge in [0.2, 0.25) is 5.91 Å². The van der Waals surface area contributed by atoms with E-state index in [4.69, 9.17) is 11.6 Å². The van der Waals surface area contributed by atoms with E-state index in [1.807, 2.05) is 19.1 Å². The summed E-state index contributed by atoms with van der Waals surface area (Å²) in [4.78, 5) is 14.3. The summed E-state index contributed by atoms with van der Waals surface area (Å²) < 4.78 is 0. The molecular formula is C14H21Cl2N3O. The van der Waals surface area contributed by atoms with Crippen LogP contribution in [-0.4, -0.2) is 43.0 Å². The second kappa shape index (κ2) is 7.84. The Balaban J connectivity index is 0.00000200. The van der Waals surface area contributed by atoms with Gasteiger partial charge in [0.05, 0.1) is 6.54 Å². The van der Waals surface area contributed by atoms with Gasteiger partial charge in [-0.15, -0.1) is 12.4 Å². The molecule has 1 fully saturated rings.